The van der Waals surface area contributed by atoms with Gasteiger partial charge in [-0.2, -0.15) is 0 Å². The summed E-state index contributed by atoms with van der Waals surface area (Å²) in [4.78, 5) is 0. The topological polar surface area (TPSA) is 0 Å². The molecule has 11 heavy (non-hydrogen) atoms. The Balaban J connectivity index is 0.000001000. The highest BCUT2D eigenvalue weighted by Crippen LogP contribution is 2.12. The fourth-order valence-electron chi connectivity index (χ4n) is 1.12. The molecule has 0 bridgehead atoms. The van der Waals surface area contributed by atoms with Crippen molar-refractivity contribution in [3.63, 3.8) is 0 Å². The molecule has 0 spiro atoms. The van der Waals surface area contributed by atoms with Crippen LogP contribution in [0.1, 0.15) is 6.92 Å². The Morgan fingerprint density at radius 3 is 2.55 bits per heavy atom. The van der Waals surface area contributed by atoms with E-state index < -0.39 is 0 Å². The van der Waals surface area contributed by atoms with E-state index in [1.54, 1.807) is 0 Å². The molecule has 0 amide bonds. The highest BCUT2D eigenvalue weighted by atomic mass is 79.9. The van der Waals surface area contributed by atoms with Crippen LogP contribution in [0.4, 0.5) is 0 Å². The monoisotopic (exact) mass is 215 g/mol. The molecule has 0 aromatic rings. The molecule has 0 saturated carbocycles. The van der Waals surface area contributed by atoms with Crippen LogP contribution in [0.2, 0.25) is 0 Å². The number of likely N-dealkylation sites (N-methyl/N-ethyl adjacent to an activating group) is 1. The van der Waals surface area contributed by atoms with Crippen LogP contribution in [0.15, 0.2) is 37.2 Å². The minimum atomic E-state index is 0. The smallest absolute Gasteiger partial charge is 0.106 e. The fourth-order valence-corrected chi connectivity index (χ4v) is 1.12. The molecule has 2 heteroatoms. The van der Waals surface area contributed by atoms with Crippen molar-refractivity contribution in [2.24, 2.45) is 0 Å². The molecule has 0 aliphatic carbocycles. The van der Waals surface area contributed by atoms with Crippen LogP contribution in [0.3, 0.4) is 0 Å². The maximum absolute atomic E-state index is 3.81. The van der Waals surface area contributed by atoms with Gasteiger partial charge in [-0.1, -0.05) is 6.08 Å². The lowest BCUT2D eigenvalue weighted by atomic mass is 10.3. The van der Waals surface area contributed by atoms with Gasteiger partial charge in [0.2, 0.25) is 0 Å². The third kappa shape index (κ3) is 2.31. The number of halogens is 1. The number of rotatable bonds is 2. The van der Waals surface area contributed by atoms with E-state index in [-0.39, 0.29) is 17.0 Å². The first-order valence-electron chi connectivity index (χ1n) is 3.67. The molecule has 0 aromatic carbocycles. The van der Waals surface area contributed by atoms with Crippen molar-refractivity contribution < 1.29 is 21.5 Å². The van der Waals surface area contributed by atoms with E-state index in [1.807, 2.05) is 6.20 Å². The van der Waals surface area contributed by atoms with Gasteiger partial charge in [0, 0.05) is 0 Å². The van der Waals surface area contributed by atoms with Gasteiger partial charge < -0.3 is 17.0 Å². The van der Waals surface area contributed by atoms with Gasteiger partial charge in [0.25, 0.3) is 0 Å². The SMILES string of the molecule is C=C[N+]1(CC)C=CC=CC1.[Br-]. The summed E-state index contributed by atoms with van der Waals surface area (Å²) in [5.41, 5.74) is 0. The van der Waals surface area contributed by atoms with Crippen LogP contribution in [0, 0.1) is 0 Å². The van der Waals surface area contributed by atoms with E-state index in [1.165, 1.54) is 0 Å². The van der Waals surface area contributed by atoms with Crippen LogP contribution in [0.5, 0.6) is 0 Å². The Morgan fingerprint density at radius 1 is 1.55 bits per heavy atom. The maximum Gasteiger partial charge on any atom is 0.106 e. The number of nitrogens with zero attached hydrogens (tertiary/aromatic N) is 1. The first kappa shape index (κ1) is 10.7. The maximum atomic E-state index is 3.81. The van der Waals surface area contributed by atoms with Gasteiger partial charge in [-0.25, -0.2) is 0 Å². The summed E-state index contributed by atoms with van der Waals surface area (Å²) < 4.78 is 0.885. The van der Waals surface area contributed by atoms with E-state index >= 15 is 0 Å². The first-order valence-corrected chi connectivity index (χ1v) is 3.67. The average molecular weight is 216 g/mol. The fraction of sp³-hybridized carbons (Fsp3) is 0.333. The average Bonchev–Trinajstić information content (AvgIpc) is 2.06. The molecule has 1 rings (SSSR count). The van der Waals surface area contributed by atoms with Crippen LogP contribution >= 0.6 is 0 Å². The lowest BCUT2D eigenvalue weighted by Gasteiger charge is -2.29. The first-order chi connectivity index (χ1) is 4.83. The van der Waals surface area contributed by atoms with Gasteiger partial charge in [-0.15, -0.1) is 0 Å². The third-order valence-corrected chi connectivity index (χ3v) is 2.03. The molecule has 0 saturated heterocycles. The van der Waals surface area contributed by atoms with Gasteiger partial charge in [0.15, 0.2) is 0 Å². The van der Waals surface area contributed by atoms with Gasteiger partial charge in [-0.05, 0) is 25.7 Å². The Kier molecular flexibility index (Phi) is 4.38. The molecule has 62 valence electrons. The standard InChI is InChI=1S/C9H14N.BrH/c1-3-10(4-2)8-6-5-7-9-10;/h3,5-8H,1,4,9H2,2H3;1H/q+1;/p-1. The van der Waals surface area contributed by atoms with Gasteiger partial charge in [0.1, 0.15) is 12.7 Å². The molecule has 1 atom stereocenters. The zero-order valence-corrected chi connectivity index (χ0v) is 8.42. The second-order valence-electron chi connectivity index (χ2n) is 2.55. The van der Waals surface area contributed by atoms with E-state index in [9.17, 15) is 0 Å². The zero-order chi connectivity index (χ0) is 7.45. The number of hydrogen-bond acceptors (Lipinski definition) is 0. The lowest BCUT2D eigenvalue weighted by Crippen LogP contribution is -3.00. The van der Waals surface area contributed by atoms with Crippen molar-refractivity contribution in [3.8, 4) is 0 Å². The van der Waals surface area contributed by atoms with Crippen LogP contribution in [-0.4, -0.2) is 17.6 Å². The summed E-state index contributed by atoms with van der Waals surface area (Å²) in [5.74, 6) is 0. The zero-order valence-electron chi connectivity index (χ0n) is 6.83. The second kappa shape index (κ2) is 4.52. The predicted molar refractivity (Wildman–Crippen MR) is 44.1 cm³/mol. The van der Waals surface area contributed by atoms with Crippen molar-refractivity contribution >= 4 is 0 Å². The van der Waals surface area contributed by atoms with E-state index in [0.717, 1.165) is 17.6 Å². The molecule has 1 aliphatic heterocycles. The molecule has 0 N–H and O–H groups in total. The molecule has 1 heterocycles. The van der Waals surface area contributed by atoms with Gasteiger partial charge >= 0.3 is 0 Å². The Morgan fingerprint density at radius 2 is 2.27 bits per heavy atom. The van der Waals surface area contributed by atoms with Crippen LogP contribution in [-0.2, 0) is 0 Å². The van der Waals surface area contributed by atoms with Crippen molar-refractivity contribution in [1.82, 2.24) is 0 Å². The van der Waals surface area contributed by atoms with Crippen molar-refractivity contribution in [1.29, 1.82) is 0 Å². The summed E-state index contributed by atoms with van der Waals surface area (Å²) in [6.07, 6.45) is 10.5. The summed E-state index contributed by atoms with van der Waals surface area (Å²) in [5, 5.41) is 0. The summed E-state index contributed by atoms with van der Waals surface area (Å²) in [6, 6.07) is 0. The van der Waals surface area contributed by atoms with Crippen molar-refractivity contribution in [3.05, 3.63) is 37.2 Å². The number of quaternary nitrogens is 1. The Bertz CT molecular complexity index is 184. The molecule has 1 nitrogen and oxygen atoms in total. The molecule has 1 aliphatic rings. The summed E-state index contributed by atoms with van der Waals surface area (Å²) in [6.45, 7) is 8.13. The van der Waals surface area contributed by atoms with Crippen LogP contribution < -0.4 is 17.0 Å². The molecule has 0 fully saturated rings. The summed E-state index contributed by atoms with van der Waals surface area (Å²) in [7, 11) is 0. The Hall–Kier alpha value is -0.340. The molecular formula is C9H14BrN. The Labute approximate surface area is 79.1 Å². The molecule has 0 radical (unpaired) electrons. The number of hydrogen-bond donors (Lipinski definition) is 0. The third-order valence-electron chi connectivity index (χ3n) is 2.03. The van der Waals surface area contributed by atoms with Gasteiger partial charge in [0.05, 0.1) is 12.7 Å². The molecular weight excluding hydrogens is 202 g/mol. The lowest BCUT2D eigenvalue weighted by molar-refractivity contribution is -0.820. The number of allylic oxidation sites excluding steroid dienone is 2. The van der Waals surface area contributed by atoms with E-state index in [4.69, 9.17) is 0 Å². The van der Waals surface area contributed by atoms with Gasteiger partial charge in [-0.3, -0.25) is 4.48 Å². The van der Waals surface area contributed by atoms with Crippen LogP contribution in [0.25, 0.3) is 0 Å². The van der Waals surface area contributed by atoms with Crippen molar-refractivity contribution in [2.45, 2.75) is 6.92 Å². The normalized spacial score (nSPS) is 27.7. The quantitative estimate of drug-likeness (QED) is 0.522. The van der Waals surface area contributed by atoms with E-state index in [2.05, 4.69) is 37.9 Å². The largest absolute Gasteiger partial charge is 1.00 e. The summed E-state index contributed by atoms with van der Waals surface area (Å²) >= 11 is 0. The second-order valence-corrected chi connectivity index (χ2v) is 2.55. The minimum Gasteiger partial charge on any atom is -1.00 e. The minimum absolute atomic E-state index is 0. The predicted octanol–water partition coefficient (Wildman–Crippen LogP) is -0.946. The van der Waals surface area contributed by atoms with Crippen molar-refractivity contribution in [2.75, 3.05) is 13.1 Å². The molecule has 0 aromatic heterocycles. The van der Waals surface area contributed by atoms with E-state index in [0.29, 0.717) is 0 Å². The highest BCUT2D eigenvalue weighted by molar-refractivity contribution is 5.04. The molecule has 1 unspecified atom stereocenters. The highest BCUT2D eigenvalue weighted by Gasteiger charge is 2.17.